The summed E-state index contributed by atoms with van der Waals surface area (Å²) in [5, 5.41) is 15.4. The monoisotopic (exact) mass is 247 g/mol. The highest BCUT2D eigenvalue weighted by Gasteiger charge is 2.02. The van der Waals surface area contributed by atoms with E-state index >= 15 is 0 Å². The molecule has 6 heteroatoms. The van der Waals surface area contributed by atoms with Crippen molar-refractivity contribution in [2.24, 2.45) is 7.05 Å². The second-order valence-electron chi connectivity index (χ2n) is 3.99. The van der Waals surface area contributed by atoms with Crippen molar-refractivity contribution in [3.05, 3.63) is 30.2 Å². The lowest BCUT2D eigenvalue weighted by molar-refractivity contribution is 0.452. The summed E-state index contributed by atoms with van der Waals surface area (Å²) in [6, 6.07) is 3.71. The number of nitrogens with one attached hydrogen (secondary N) is 1. The molecule has 0 amide bonds. The van der Waals surface area contributed by atoms with Gasteiger partial charge < -0.3 is 10.1 Å². The highest BCUT2D eigenvalue weighted by atomic mass is 16.5. The molecular weight excluding hydrogens is 230 g/mol. The molecule has 0 bridgehead atoms. The van der Waals surface area contributed by atoms with Gasteiger partial charge in [-0.05, 0) is 19.0 Å². The zero-order valence-corrected chi connectivity index (χ0v) is 10.6. The summed E-state index contributed by atoms with van der Waals surface area (Å²) in [4.78, 5) is 0. The molecule has 0 spiro atoms. The van der Waals surface area contributed by atoms with Crippen LogP contribution in [-0.2, 0) is 13.6 Å². The summed E-state index contributed by atoms with van der Waals surface area (Å²) in [5.74, 6) is 1.13. The first kappa shape index (κ1) is 12.5. The van der Waals surface area contributed by atoms with Gasteiger partial charge >= 0.3 is 0 Å². The first-order chi connectivity index (χ1) is 8.78. The van der Waals surface area contributed by atoms with Gasteiger partial charge in [0.25, 0.3) is 0 Å². The number of hydrogen-bond acceptors (Lipinski definition) is 5. The van der Waals surface area contributed by atoms with E-state index in [0.717, 1.165) is 25.2 Å². The number of ether oxygens (including phenoxy) is 1. The van der Waals surface area contributed by atoms with Gasteiger partial charge in [0.05, 0.1) is 18.1 Å². The molecule has 0 aliphatic rings. The van der Waals surface area contributed by atoms with Gasteiger partial charge in [-0.1, -0.05) is 6.92 Å². The zero-order chi connectivity index (χ0) is 12.8. The van der Waals surface area contributed by atoms with Crippen LogP contribution >= 0.6 is 0 Å². The van der Waals surface area contributed by atoms with E-state index in [1.165, 1.54) is 0 Å². The molecule has 0 aliphatic heterocycles. The van der Waals surface area contributed by atoms with E-state index in [0.29, 0.717) is 11.6 Å². The Hall–Kier alpha value is -1.95. The van der Waals surface area contributed by atoms with Crippen molar-refractivity contribution in [1.82, 2.24) is 25.3 Å². The van der Waals surface area contributed by atoms with Crippen molar-refractivity contribution in [2.45, 2.75) is 19.9 Å². The quantitative estimate of drug-likeness (QED) is 0.784. The summed E-state index contributed by atoms with van der Waals surface area (Å²) in [6.45, 7) is 3.84. The SMILES string of the molecule is CCCNCc1ccc(Oc2cnn(C)c2)nn1. The molecule has 0 saturated heterocycles. The minimum absolute atomic E-state index is 0.474. The van der Waals surface area contributed by atoms with Gasteiger partial charge in [-0.3, -0.25) is 4.68 Å². The molecular formula is C12H17N5O. The molecule has 0 aromatic carbocycles. The fourth-order valence-corrected chi connectivity index (χ4v) is 1.46. The molecule has 0 aliphatic carbocycles. The van der Waals surface area contributed by atoms with E-state index in [9.17, 15) is 0 Å². The number of hydrogen-bond donors (Lipinski definition) is 1. The third-order valence-corrected chi connectivity index (χ3v) is 2.33. The number of nitrogens with zero attached hydrogens (tertiary/aromatic N) is 4. The minimum Gasteiger partial charge on any atom is -0.434 e. The molecule has 2 aromatic rings. The Kier molecular flexibility index (Phi) is 4.25. The molecule has 2 rings (SSSR count). The van der Waals surface area contributed by atoms with Crippen LogP contribution in [0.4, 0.5) is 0 Å². The maximum atomic E-state index is 5.50. The highest BCUT2D eigenvalue weighted by molar-refractivity contribution is 5.21. The average molecular weight is 247 g/mol. The van der Waals surface area contributed by atoms with Gasteiger partial charge in [-0.25, -0.2) is 0 Å². The Morgan fingerprint density at radius 2 is 2.22 bits per heavy atom. The summed E-state index contributed by atoms with van der Waals surface area (Å²) in [6.07, 6.45) is 4.52. The summed E-state index contributed by atoms with van der Waals surface area (Å²) in [5.41, 5.74) is 0.905. The van der Waals surface area contributed by atoms with E-state index in [-0.39, 0.29) is 0 Å². The van der Waals surface area contributed by atoms with E-state index < -0.39 is 0 Å². The van der Waals surface area contributed by atoms with E-state index in [1.54, 1.807) is 17.1 Å². The second kappa shape index (κ2) is 6.11. The molecule has 18 heavy (non-hydrogen) atoms. The fraction of sp³-hybridized carbons (Fsp3) is 0.417. The minimum atomic E-state index is 0.474. The second-order valence-corrected chi connectivity index (χ2v) is 3.99. The number of aryl methyl sites for hydroxylation is 1. The first-order valence-corrected chi connectivity index (χ1v) is 5.97. The van der Waals surface area contributed by atoms with Crippen LogP contribution in [0.5, 0.6) is 11.6 Å². The van der Waals surface area contributed by atoms with Crippen LogP contribution in [0, 0.1) is 0 Å². The number of rotatable bonds is 6. The molecule has 96 valence electrons. The van der Waals surface area contributed by atoms with Crippen LogP contribution in [0.3, 0.4) is 0 Å². The van der Waals surface area contributed by atoms with Crippen LogP contribution in [-0.4, -0.2) is 26.5 Å². The van der Waals surface area contributed by atoms with Gasteiger partial charge in [0.1, 0.15) is 0 Å². The molecule has 2 heterocycles. The van der Waals surface area contributed by atoms with Crippen LogP contribution in [0.1, 0.15) is 19.0 Å². The predicted molar refractivity (Wildman–Crippen MR) is 67.3 cm³/mol. The fourth-order valence-electron chi connectivity index (χ4n) is 1.46. The van der Waals surface area contributed by atoms with Crippen LogP contribution in [0.25, 0.3) is 0 Å². The molecule has 0 saturated carbocycles. The standard InChI is InChI=1S/C12H17N5O/c1-3-6-13-7-10-4-5-12(16-15-10)18-11-8-14-17(2)9-11/h4-5,8-9,13H,3,6-7H2,1-2H3. The molecule has 0 atom stereocenters. The van der Waals surface area contributed by atoms with E-state index in [2.05, 4.69) is 27.5 Å². The van der Waals surface area contributed by atoms with Crippen molar-refractivity contribution in [1.29, 1.82) is 0 Å². The van der Waals surface area contributed by atoms with E-state index in [4.69, 9.17) is 4.74 Å². The normalized spacial score (nSPS) is 10.6. The molecule has 0 unspecified atom stereocenters. The van der Waals surface area contributed by atoms with Gasteiger partial charge in [0.2, 0.25) is 5.88 Å². The molecule has 2 aromatic heterocycles. The van der Waals surface area contributed by atoms with Crippen molar-refractivity contribution in [3.8, 4) is 11.6 Å². The first-order valence-electron chi connectivity index (χ1n) is 5.97. The van der Waals surface area contributed by atoms with Gasteiger partial charge in [-0.15, -0.1) is 5.10 Å². The third kappa shape index (κ3) is 3.53. The van der Waals surface area contributed by atoms with Crippen LogP contribution in [0.2, 0.25) is 0 Å². The topological polar surface area (TPSA) is 64.9 Å². The largest absolute Gasteiger partial charge is 0.434 e. The Labute approximate surface area is 106 Å². The van der Waals surface area contributed by atoms with Crippen molar-refractivity contribution >= 4 is 0 Å². The lowest BCUT2D eigenvalue weighted by Gasteiger charge is -2.03. The molecule has 1 N–H and O–H groups in total. The molecule has 0 fully saturated rings. The average Bonchev–Trinajstić information content (AvgIpc) is 2.77. The lowest BCUT2D eigenvalue weighted by Crippen LogP contribution is -2.15. The van der Waals surface area contributed by atoms with E-state index in [1.807, 2.05) is 19.2 Å². The van der Waals surface area contributed by atoms with Crippen molar-refractivity contribution < 1.29 is 4.74 Å². The Morgan fingerprint density at radius 3 is 2.83 bits per heavy atom. The van der Waals surface area contributed by atoms with Crippen molar-refractivity contribution in [2.75, 3.05) is 6.54 Å². The zero-order valence-electron chi connectivity index (χ0n) is 10.6. The van der Waals surface area contributed by atoms with Gasteiger partial charge in [-0.2, -0.15) is 10.2 Å². The predicted octanol–water partition coefficient (Wildman–Crippen LogP) is 1.50. The Morgan fingerprint density at radius 1 is 1.33 bits per heavy atom. The smallest absolute Gasteiger partial charge is 0.239 e. The van der Waals surface area contributed by atoms with Crippen LogP contribution < -0.4 is 10.1 Å². The maximum Gasteiger partial charge on any atom is 0.239 e. The lowest BCUT2D eigenvalue weighted by atomic mass is 10.3. The summed E-state index contributed by atoms with van der Waals surface area (Å²) >= 11 is 0. The Bertz CT molecular complexity index is 479. The van der Waals surface area contributed by atoms with Gasteiger partial charge in [0, 0.05) is 19.7 Å². The summed E-state index contributed by atoms with van der Waals surface area (Å²) < 4.78 is 7.17. The molecule has 0 radical (unpaired) electrons. The van der Waals surface area contributed by atoms with Gasteiger partial charge in [0.15, 0.2) is 5.75 Å². The third-order valence-electron chi connectivity index (χ3n) is 2.33. The highest BCUT2D eigenvalue weighted by Crippen LogP contribution is 2.16. The molecule has 6 nitrogen and oxygen atoms in total. The van der Waals surface area contributed by atoms with Crippen molar-refractivity contribution in [3.63, 3.8) is 0 Å². The maximum absolute atomic E-state index is 5.50. The Balaban J connectivity index is 1.91. The summed E-state index contributed by atoms with van der Waals surface area (Å²) in [7, 11) is 1.83. The number of aromatic nitrogens is 4. The van der Waals surface area contributed by atoms with Crippen LogP contribution in [0.15, 0.2) is 24.5 Å².